The number of piperidine rings is 1. The third-order valence-corrected chi connectivity index (χ3v) is 7.45. The maximum Gasteiger partial charge on any atom is 0.136 e. The molecular weight excluding hydrogens is 444 g/mol. The van der Waals surface area contributed by atoms with E-state index in [1.165, 1.54) is 17.3 Å². The molecule has 1 atom stereocenters. The van der Waals surface area contributed by atoms with Crippen molar-refractivity contribution in [2.45, 2.75) is 44.8 Å². The fourth-order valence-corrected chi connectivity index (χ4v) is 5.38. The number of morpholine rings is 1. The molecular formula is C26H36N6O3. The molecule has 9 nitrogen and oxygen atoms in total. The normalized spacial score (nSPS) is 22.1. The topological polar surface area (TPSA) is 107 Å². The van der Waals surface area contributed by atoms with Crippen molar-refractivity contribution in [1.29, 1.82) is 5.41 Å². The number of nitrogens with one attached hydrogen (secondary N) is 2. The number of nitrogens with zero attached hydrogens (tertiary/aromatic N) is 4. The van der Waals surface area contributed by atoms with Crippen LogP contribution in [0.4, 0.5) is 17.3 Å². The summed E-state index contributed by atoms with van der Waals surface area (Å²) in [6.07, 6.45) is 3.48. The van der Waals surface area contributed by atoms with Crippen molar-refractivity contribution in [1.82, 2.24) is 14.9 Å². The molecule has 1 unspecified atom stereocenters. The van der Waals surface area contributed by atoms with Gasteiger partial charge in [0.1, 0.15) is 17.5 Å². The van der Waals surface area contributed by atoms with Crippen LogP contribution in [0.3, 0.4) is 0 Å². The van der Waals surface area contributed by atoms with Crippen molar-refractivity contribution >= 4 is 23.5 Å². The lowest BCUT2D eigenvalue weighted by Gasteiger charge is -2.41. The molecule has 0 bridgehead atoms. The van der Waals surface area contributed by atoms with Crippen LogP contribution in [0.25, 0.3) is 0 Å². The Bertz CT molecular complexity index is 1050. The monoisotopic (exact) mass is 480 g/mol. The second kappa shape index (κ2) is 10.6. The first-order chi connectivity index (χ1) is 17.0. The standard InChI is InChI=1S/C26H36N6O3/c1-17-9-20(12-27)24(10-23(17)19-3-5-31(6-4-19)21-15-34-16-21)30-25-11-26(29-18(2)28-25)32-7-8-35-22(13-32)14-33/h9-12,19,21-22,27,33H,3-8,13-16H2,1-2H3,(H,28,29,30). The Morgan fingerprint density at radius 3 is 2.63 bits per heavy atom. The Balaban J connectivity index is 1.36. The highest BCUT2D eigenvalue weighted by molar-refractivity contribution is 5.88. The fourth-order valence-electron chi connectivity index (χ4n) is 5.38. The van der Waals surface area contributed by atoms with Gasteiger partial charge in [-0.3, -0.25) is 4.90 Å². The van der Waals surface area contributed by atoms with E-state index in [1.807, 2.05) is 13.0 Å². The molecule has 0 saturated carbocycles. The van der Waals surface area contributed by atoms with E-state index >= 15 is 0 Å². The molecule has 5 rings (SSSR count). The molecule has 2 aromatic rings. The lowest BCUT2D eigenvalue weighted by molar-refractivity contribution is -0.0712. The van der Waals surface area contributed by atoms with Crippen molar-refractivity contribution in [3.63, 3.8) is 0 Å². The third kappa shape index (κ3) is 5.33. The highest BCUT2D eigenvalue weighted by atomic mass is 16.5. The number of likely N-dealkylation sites (tertiary alicyclic amines) is 1. The van der Waals surface area contributed by atoms with Crippen molar-refractivity contribution < 1.29 is 14.6 Å². The van der Waals surface area contributed by atoms with Crippen LogP contribution in [0, 0.1) is 19.3 Å². The van der Waals surface area contributed by atoms with Crippen molar-refractivity contribution in [3.8, 4) is 0 Å². The van der Waals surface area contributed by atoms with Crippen LogP contribution < -0.4 is 10.2 Å². The summed E-state index contributed by atoms with van der Waals surface area (Å²) < 4.78 is 11.0. The molecule has 1 aromatic carbocycles. The Morgan fingerprint density at radius 2 is 1.94 bits per heavy atom. The van der Waals surface area contributed by atoms with Gasteiger partial charge in [-0.05, 0) is 69.0 Å². The number of aliphatic hydroxyl groups excluding tert-OH is 1. The van der Waals surface area contributed by atoms with Crippen LogP contribution in [0.2, 0.25) is 0 Å². The van der Waals surface area contributed by atoms with E-state index in [1.54, 1.807) is 0 Å². The second-order valence-corrected chi connectivity index (χ2v) is 9.85. The summed E-state index contributed by atoms with van der Waals surface area (Å²) in [6, 6.07) is 6.87. The summed E-state index contributed by atoms with van der Waals surface area (Å²) in [7, 11) is 0. The lowest BCUT2D eigenvalue weighted by atomic mass is 9.85. The van der Waals surface area contributed by atoms with Crippen molar-refractivity contribution in [2.75, 3.05) is 62.8 Å². The van der Waals surface area contributed by atoms with E-state index in [2.05, 4.69) is 44.1 Å². The zero-order valence-electron chi connectivity index (χ0n) is 20.7. The summed E-state index contributed by atoms with van der Waals surface area (Å²) in [5, 5.41) is 21.0. The highest BCUT2D eigenvalue weighted by Crippen LogP contribution is 2.35. The molecule has 4 heterocycles. The van der Waals surface area contributed by atoms with E-state index in [9.17, 15) is 5.11 Å². The van der Waals surface area contributed by atoms with E-state index in [4.69, 9.17) is 14.9 Å². The number of benzene rings is 1. The van der Waals surface area contributed by atoms with Crippen LogP contribution in [0.15, 0.2) is 18.2 Å². The second-order valence-electron chi connectivity index (χ2n) is 9.85. The number of rotatable bonds is 7. The number of hydrogen-bond acceptors (Lipinski definition) is 9. The largest absolute Gasteiger partial charge is 0.394 e. The van der Waals surface area contributed by atoms with Crippen LogP contribution in [0.5, 0.6) is 0 Å². The first kappa shape index (κ1) is 24.1. The molecule has 3 saturated heterocycles. The van der Waals surface area contributed by atoms with Gasteiger partial charge in [0.15, 0.2) is 0 Å². The maximum atomic E-state index is 9.50. The van der Waals surface area contributed by atoms with Gasteiger partial charge in [0.05, 0.1) is 38.6 Å². The summed E-state index contributed by atoms with van der Waals surface area (Å²) in [6.45, 7) is 9.87. The Hall–Kier alpha value is -2.59. The quantitative estimate of drug-likeness (QED) is 0.519. The zero-order valence-corrected chi connectivity index (χ0v) is 20.7. The average Bonchev–Trinajstić information content (AvgIpc) is 2.84. The van der Waals surface area contributed by atoms with Gasteiger partial charge < -0.3 is 30.2 Å². The van der Waals surface area contributed by atoms with Gasteiger partial charge in [0, 0.05) is 36.6 Å². The number of ether oxygens (including phenoxy) is 2. The number of aryl methyl sites for hydroxylation is 2. The number of hydrogen-bond donors (Lipinski definition) is 3. The SMILES string of the molecule is Cc1nc(Nc2cc(C3CCN(C4COC4)CC3)c(C)cc2C=N)cc(N2CCOC(CO)C2)n1. The molecule has 3 fully saturated rings. The lowest BCUT2D eigenvalue weighted by Crippen LogP contribution is -2.51. The molecule has 3 aliphatic rings. The van der Waals surface area contributed by atoms with E-state index in [-0.39, 0.29) is 12.7 Å². The zero-order chi connectivity index (χ0) is 24.4. The predicted octanol–water partition coefficient (Wildman–Crippen LogP) is 2.61. The summed E-state index contributed by atoms with van der Waals surface area (Å²) in [4.78, 5) is 13.9. The minimum atomic E-state index is -0.206. The Morgan fingerprint density at radius 1 is 1.14 bits per heavy atom. The van der Waals surface area contributed by atoms with Crippen LogP contribution in [0.1, 0.15) is 41.3 Å². The van der Waals surface area contributed by atoms with Crippen molar-refractivity contribution in [2.24, 2.45) is 0 Å². The smallest absolute Gasteiger partial charge is 0.136 e. The number of anilines is 3. The third-order valence-electron chi connectivity index (χ3n) is 7.45. The molecule has 0 amide bonds. The molecule has 1 aromatic heterocycles. The van der Waals surface area contributed by atoms with Crippen molar-refractivity contribution in [3.05, 3.63) is 40.7 Å². The van der Waals surface area contributed by atoms with Gasteiger partial charge in [-0.25, -0.2) is 9.97 Å². The molecule has 0 radical (unpaired) electrons. The van der Waals surface area contributed by atoms with Crippen LogP contribution in [-0.2, 0) is 9.47 Å². The van der Waals surface area contributed by atoms with E-state index < -0.39 is 0 Å². The minimum absolute atomic E-state index is 0.00608. The number of aliphatic hydroxyl groups is 1. The van der Waals surface area contributed by atoms with Gasteiger partial charge in [-0.1, -0.05) is 0 Å². The highest BCUT2D eigenvalue weighted by Gasteiger charge is 2.30. The molecule has 35 heavy (non-hydrogen) atoms. The first-order valence-electron chi connectivity index (χ1n) is 12.6. The van der Waals surface area contributed by atoms with Gasteiger partial charge >= 0.3 is 0 Å². The van der Waals surface area contributed by atoms with Gasteiger partial charge in [0.25, 0.3) is 0 Å². The molecule has 0 spiro atoms. The van der Waals surface area contributed by atoms with Crippen LogP contribution >= 0.6 is 0 Å². The molecule has 9 heteroatoms. The Labute approximate surface area is 207 Å². The summed E-state index contributed by atoms with van der Waals surface area (Å²) >= 11 is 0. The van der Waals surface area contributed by atoms with Gasteiger partial charge in [0.2, 0.25) is 0 Å². The number of aromatic nitrogens is 2. The fraction of sp³-hybridized carbons (Fsp3) is 0.577. The summed E-state index contributed by atoms with van der Waals surface area (Å²) in [5.41, 5.74) is 4.34. The maximum absolute atomic E-state index is 9.50. The molecule has 0 aliphatic carbocycles. The predicted molar refractivity (Wildman–Crippen MR) is 136 cm³/mol. The Kier molecular flexibility index (Phi) is 7.29. The van der Waals surface area contributed by atoms with E-state index in [0.717, 1.165) is 62.8 Å². The molecule has 3 aliphatic heterocycles. The van der Waals surface area contributed by atoms with Crippen LogP contribution in [-0.4, -0.2) is 90.9 Å². The average molecular weight is 481 g/mol. The molecule has 188 valence electrons. The minimum Gasteiger partial charge on any atom is -0.394 e. The summed E-state index contributed by atoms with van der Waals surface area (Å²) in [5.74, 6) is 2.71. The first-order valence-corrected chi connectivity index (χ1v) is 12.6. The van der Waals surface area contributed by atoms with Gasteiger partial charge in [-0.15, -0.1) is 0 Å². The van der Waals surface area contributed by atoms with E-state index in [0.29, 0.717) is 36.8 Å². The van der Waals surface area contributed by atoms with Gasteiger partial charge in [-0.2, -0.15) is 0 Å². The molecule has 3 N–H and O–H groups in total.